The van der Waals surface area contributed by atoms with Gasteiger partial charge in [-0.3, -0.25) is 9.69 Å². The Labute approximate surface area is 178 Å². The van der Waals surface area contributed by atoms with Crippen LogP contribution >= 0.6 is 11.6 Å². The molecular formula is C20H22ClNO7S. The van der Waals surface area contributed by atoms with Gasteiger partial charge in [-0.05, 0) is 31.9 Å². The number of hydrogen-bond acceptors (Lipinski definition) is 8. The van der Waals surface area contributed by atoms with Crippen LogP contribution in [-0.4, -0.2) is 50.2 Å². The number of carbonyl (C=O) groups excluding carboxylic acids is 1. The third-order valence-corrected chi connectivity index (χ3v) is 8.26. The van der Waals surface area contributed by atoms with Crippen LogP contribution in [0.5, 0.6) is 5.75 Å². The summed E-state index contributed by atoms with van der Waals surface area (Å²) < 4.78 is 40.3. The van der Waals surface area contributed by atoms with Gasteiger partial charge in [-0.2, -0.15) is 0 Å². The lowest BCUT2D eigenvalue weighted by Crippen LogP contribution is -2.50. The van der Waals surface area contributed by atoms with Crippen molar-refractivity contribution in [2.75, 3.05) is 25.3 Å². The van der Waals surface area contributed by atoms with Gasteiger partial charge in [-0.25, -0.2) is 13.2 Å². The molecule has 2 aliphatic rings. The van der Waals surface area contributed by atoms with Gasteiger partial charge >= 0.3 is 11.6 Å². The van der Waals surface area contributed by atoms with Crippen molar-refractivity contribution >= 4 is 38.4 Å². The smallest absolute Gasteiger partial charge is 0.340 e. The van der Waals surface area contributed by atoms with Gasteiger partial charge in [0.2, 0.25) is 0 Å². The highest BCUT2D eigenvalue weighted by molar-refractivity contribution is 7.91. The van der Waals surface area contributed by atoms with Crippen molar-refractivity contribution in [3.05, 3.63) is 38.2 Å². The van der Waals surface area contributed by atoms with Gasteiger partial charge in [0.15, 0.2) is 9.84 Å². The van der Waals surface area contributed by atoms with Crippen LogP contribution in [-0.2, 0) is 32.3 Å². The zero-order chi connectivity index (χ0) is 21.8. The summed E-state index contributed by atoms with van der Waals surface area (Å²) in [4.78, 5) is 26.3. The Hall–Kier alpha value is -2.10. The summed E-state index contributed by atoms with van der Waals surface area (Å²) in [5.41, 5.74) is 0.530. The Morgan fingerprint density at radius 3 is 2.77 bits per heavy atom. The standard InChI is InChI=1S/C20H22ClNO7S/c1-11-12-6-15(21)18-14(17(12)29-19(24)13(11)7-16(23)27-3)8-22(10-28-18)20(2)4-5-30(25,26)9-20/h6H,4-5,7-10H2,1-3H3/t20-/m0/s1. The number of aryl methyl sites for hydroxylation is 1. The number of carbonyl (C=O) groups is 1. The number of ether oxygens (including phenoxy) is 2. The summed E-state index contributed by atoms with van der Waals surface area (Å²) in [6.07, 6.45) is 0.298. The Morgan fingerprint density at radius 2 is 2.13 bits per heavy atom. The summed E-state index contributed by atoms with van der Waals surface area (Å²) >= 11 is 6.45. The van der Waals surface area contributed by atoms with Crippen LogP contribution in [0.4, 0.5) is 0 Å². The molecule has 1 aromatic heterocycles. The number of nitrogens with zero attached hydrogens (tertiary/aromatic N) is 1. The van der Waals surface area contributed by atoms with Crippen LogP contribution in [0.25, 0.3) is 11.0 Å². The quantitative estimate of drug-likeness (QED) is 0.512. The molecule has 10 heteroatoms. The summed E-state index contributed by atoms with van der Waals surface area (Å²) in [5, 5.41) is 0.967. The van der Waals surface area contributed by atoms with Gasteiger partial charge in [0.1, 0.15) is 18.1 Å². The van der Waals surface area contributed by atoms with Gasteiger partial charge in [0.05, 0.1) is 41.2 Å². The molecule has 0 bridgehead atoms. The molecular weight excluding hydrogens is 434 g/mol. The topological polar surface area (TPSA) is 103 Å². The minimum absolute atomic E-state index is 0.0451. The van der Waals surface area contributed by atoms with Crippen LogP contribution in [0.15, 0.2) is 15.3 Å². The van der Waals surface area contributed by atoms with Gasteiger partial charge in [0.25, 0.3) is 0 Å². The second-order valence-corrected chi connectivity index (χ2v) is 10.7. The number of esters is 1. The summed E-state index contributed by atoms with van der Waals surface area (Å²) in [6.45, 7) is 4.14. The van der Waals surface area contributed by atoms with E-state index in [0.29, 0.717) is 45.8 Å². The number of hydrogen-bond donors (Lipinski definition) is 0. The lowest BCUT2D eigenvalue weighted by Gasteiger charge is -2.40. The van der Waals surface area contributed by atoms with E-state index in [9.17, 15) is 18.0 Å². The van der Waals surface area contributed by atoms with E-state index in [0.717, 1.165) is 0 Å². The highest BCUT2D eigenvalue weighted by Crippen LogP contribution is 2.42. The summed E-state index contributed by atoms with van der Waals surface area (Å²) in [6, 6.07) is 1.66. The minimum atomic E-state index is -3.10. The van der Waals surface area contributed by atoms with E-state index in [1.165, 1.54) is 7.11 Å². The molecule has 1 saturated heterocycles. The fraction of sp³-hybridized carbons (Fsp3) is 0.500. The van der Waals surface area contributed by atoms with Crippen molar-refractivity contribution in [2.24, 2.45) is 0 Å². The van der Waals surface area contributed by atoms with Gasteiger partial charge in [-0.1, -0.05) is 11.6 Å². The first-order valence-electron chi connectivity index (χ1n) is 9.47. The fourth-order valence-electron chi connectivity index (χ4n) is 4.22. The first-order valence-corrected chi connectivity index (χ1v) is 11.7. The van der Waals surface area contributed by atoms with E-state index < -0.39 is 27.0 Å². The van der Waals surface area contributed by atoms with Gasteiger partial charge in [0, 0.05) is 17.5 Å². The van der Waals surface area contributed by atoms with Crippen LogP contribution in [0.1, 0.15) is 30.0 Å². The van der Waals surface area contributed by atoms with Crippen LogP contribution in [0.2, 0.25) is 5.02 Å². The highest BCUT2D eigenvalue weighted by atomic mass is 35.5. The second-order valence-electron chi connectivity index (χ2n) is 8.10. The molecule has 2 aliphatic heterocycles. The molecule has 8 nitrogen and oxygen atoms in total. The van der Waals surface area contributed by atoms with Crippen molar-refractivity contribution in [1.82, 2.24) is 4.90 Å². The molecule has 1 atom stereocenters. The lowest BCUT2D eigenvalue weighted by molar-refractivity contribution is -0.139. The average molecular weight is 456 g/mol. The normalized spacial score (nSPS) is 23.2. The van der Waals surface area contributed by atoms with E-state index in [4.69, 9.17) is 20.8 Å². The molecule has 2 aromatic rings. The van der Waals surface area contributed by atoms with Gasteiger partial charge in [-0.15, -0.1) is 0 Å². The zero-order valence-corrected chi connectivity index (χ0v) is 18.5. The second kappa shape index (κ2) is 7.25. The number of benzene rings is 1. The predicted octanol–water partition coefficient (Wildman–Crippen LogP) is 2.20. The van der Waals surface area contributed by atoms with Crippen LogP contribution < -0.4 is 10.4 Å². The molecule has 162 valence electrons. The summed E-state index contributed by atoms with van der Waals surface area (Å²) in [5.74, 6) is 0.0596. The Balaban J connectivity index is 1.82. The number of rotatable bonds is 3. The maximum absolute atomic E-state index is 12.6. The SMILES string of the molecule is COC(=O)Cc1c(C)c2cc(Cl)c3c(c2oc1=O)CN([C@@]1(C)CCS(=O)(=O)C1)CO3. The first kappa shape index (κ1) is 21.1. The monoisotopic (exact) mass is 455 g/mol. The first-order chi connectivity index (χ1) is 14.0. The molecule has 4 rings (SSSR count). The minimum Gasteiger partial charge on any atom is -0.476 e. The van der Waals surface area contributed by atoms with Crippen LogP contribution in [0, 0.1) is 6.92 Å². The van der Waals surface area contributed by atoms with Crippen molar-refractivity contribution in [3.63, 3.8) is 0 Å². The number of sulfone groups is 1. The molecule has 0 amide bonds. The molecule has 0 saturated carbocycles. The van der Waals surface area contributed by atoms with Crippen molar-refractivity contribution in [3.8, 4) is 5.75 Å². The molecule has 0 unspecified atom stereocenters. The molecule has 0 spiro atoms. The van der Waals surface area contributed by atoms with Crippen LogP contribution in [0.3, 0.4) is 0 Å². The summed E-state index contributed by atoms with van der Waals surface area (Å²) in [7, 11) is -1.85. The lowest BCUT2D eigenvalue weighted by atomic mass is 9.96. The van der Waals surface area contributed by atoms with E-state index >= 15 is 0 Å². The highest BCUT2D eigenvalue weighted by Gasteiger charge is 2.45. The van der Waals surface area contributed by atoms with E-state index in [1.807, 2.05) is 11.8 Å². The largest absolute Gasteiger partial charge is 0.476 e. The zero-order valence-electron chi connectivity index (χ0n) is 16.9. The molecule has 30 heavy (non-hydrogen) atoms. The van der Waals surface area contributed by atoms with Gasteiger partial charge < -0.3 is 13.9 Å². The maximum atomic E-state index is 12.6. The number of halogens is 1. The third kappa shape index (κ3) is 3.48. The Bertz CT molecular complexity index is 1220. The molecule has 0 aliphatic carbocycles. The molecule has 3 heterocycles. The molecule has 1 fully saturated rings. The van der Waals surface area contributed by atoms with E-state index in [2.05, 4.69) is 4.74 Å². The average Bonchev–Trinajstić information content (AvgIpc) is 2.99. The maximum Gasteiger partial charge on any atom is 0.340 e. The number of fused-ring (bicyclic) bond motifs is 3. The molecule has 0 radical (unpaired) electrons. The van der Waals surface area contributed by atoms with Crippen molar-refractivity contribution in [1.29, 1.82) is 0 Å². The predicted molar refractivity (Wildman–Crippen MR) is 111 cm³/mol. The Kier molecular flexibility index (Phi) is 5.11. The molecule has 1 aromatic carbocycles. The molecule has 0 N–H and O–H groups in total. The van der Waals surface area contributed by atoms with E-state index in [1.54, 1.807) is 13.0 Å². The van der Waals surface area contributed by atoms with Crippen molar-refractivity contribution < 1.29 is 27.1 Å². The number of methoxy groups -OCH3 is 1. The van der Waals surface area contributed by atoms with E-state index in [-0.39, 0.29) is 30.2 Å². The Morgan fingerprint density at radius 1 is 1.40 bits per heavy atom. The van der Waals surface area contributed by atoms with Crippen molar-refractivity contribution in [2.45, 2.75) is 38.8 Å². The fourth-order valence-corrected chi connectivity index (χ4v) is 6.67. The third-order valence-electron chi connectivity index (χ3n) is 6.09.